The molecule has 7 heteroatoms. The van der Waals surface area contributed by atoms with Crippen molar-refractivity contribution in [3.05, 3.63) is 19.8 Å². The molecular formula is C12H14BrNO4S. The summed E-state index contributed by atoms with van der Waals surface area (Å²) in [6, 6.07) is 0. The molecule has 1 aromatic rings. The second-order valence-electron chi connectivity index (χ2n) is 4.25. The van der Waals surface area contributed by atoms with Crippen LogP contribution in [0.1, 0.15) is 33.5 Å². The number of halogens is 1. The Kier molecular flexibility index (Phi) is 4.59. The molecule has 0 saturated carbocycles. The highest BCUT2D eigenvalue weighted by atomic mass is 79.9. The van der Waals surface area contributed by atoms with Crippen LogP contribution < -0.4 is 0 Å². The molecule has 19 heavy (non-hydrogen) atoms. The van der Waals surface area contributed by atoms with Gasteiger partial charge >= 0.3 is 5.97 Å². The lowest BCUT2D eigenvalue weighted by atomic mass is 10.3. The smallest absolute Gasteiger partial charge is 0.347 e. The van der Waals surface area contributed by atoms with Crippen LogP contribution >= 0.6 is 27.3 Å². The van der Waals surface area contributed by atoms with Crippen LogP contribution in [0, 0.1) is 0 Å². The van der Waals surface area contributed by atoms with E-state index in [1.807, 2.05) is 6.92 Å². The summed E-state index contributed by atoms with van der Waals surface area (Å²) in [5, 5.41) is 9.02. The number of hydrogen-bond donors (Lipinski definition) is 1. The number of carbonyl (C=O) groups excluding carboxylic acids is 1. The van der Waals surface area contributed by atoms with Gasteiger partial charge in [0.2, 0.25) is 5.91 Å². The molecule has 0 saturated heterocycles. The number of aromatic carboxylic acids is 1. The predicted molar refractivity (Wildman–Crippen MR) is 74.3 cm³/mol. The van der Waals surface area contributed by atoms with Crippen molar-refractivity contribution in [3.8, 4) is 0 Å². The van der Waals surface area contributed by atoms with Gasteiger partial charge in [-0.2, -0.15) is 0 Å². The molecule has 5 nitrogen and oxygen atoms in total. The third-order valence-corrected chi connectivity index (χ3v) is 5.17. The van der Waals surface area contributed by atoms with Crippen LogP contribution in [-0.2, 0) is 22.6 Å². The largest absolute Gasteiger partial charge is 0.477 e. The van der Waals surface area contributed by atoms with Gasteiger partial charge in [-0.05, 0) is 22.4 Å². The number of amides is 1. The number of carboxylic acids is 1. The van der Waals surface area contributed by atoms with Gasteiger partial charge in [0.05, 0.1) is 6.54 Å². The number of thiophene rings is 1. The van der Waals surface area contributed by atoms with Crippen molar-refractivity contribution in [2.45, 2.75) is 26.4 Å². The number of fused-ring (bicyclic) bond motifs is 1. The first kappa shape index (κ1) is 14.5. The van der Waals surface area contributed by atoms with Gasteiger partial charge in [0.15, 0.2) is 0 Å². The Morgan fingerprint density at radius 2 is 2.21 bits per heavy atom. The molecule has 1 aromatic heterocycles. The maximum absolute atomic E-state index is 11.9. The van der Waals surface area contributed by atoms with E-state index in [4.69, 9.17) is 9.84 Å². The molecule has 0 fully saturated rings. The van der Waals surface area contributed by atoms with Crippen molar-refractivity contribution < 1.29 is 19.4 Å². The first-order valence-electron chi connectivity index (χ1n) is 5.93. The van der Waals surface area contributed by atoms with E-state index in [-0.39, 0.29) is 12.5 Å². The molecule has 0 spiro atoms. The van der Waals surface area contributed by atoms with E-state index in [1.54, 1.807) is 4.90 Å². The Balaban J connectivity index is 2.01. The third kappa shape index (κ3) is 2.98. The molecule has 1 aliphatic rings. The topological polar surface area (TPSA) is 66.8 Å². The number of rotatable bonds is 5. The predicted octanol–water partition coefficient (Wildman–Crippen LogP) is 2.48. The zero-order valence-electron chi connectivity index (χ0n) is 10.4. The summed E-state index contributed by atoms with van der Waals surface area (Å²) < 4.78 is 5.83. The van der Waals surface area contributed by atoms with Crippen molar-refractivity contribution in [2.75, 3.05) is 13.2 Å². The minimum Gasteiger partial charge on any atom is -0.477 e. The summed E-state index contributed by atoms with van der Waals surface area (Å²) in [6.45, 7) is 3.58. The Hall–Kier alpha value is -0.920. The summed E-state index contributed by atoms with van der Waals surface area (Å²) in [4.78, 5) is 25.8. The lowest BCUT2D eigenvalue weighted by Gasteiger charge is -2.15. The van der Waals surface area contributed by atoms with E-state index in [2.05, 4.69) is 15.9 Å². The molecule has 1 N–H and O–H groups in total. The lowest BCUT2D eigenvalue weighted by molar-refractivity contribution is -0.136. The van der Waals surface area contributed by atoms with Gasteiger partial charge < -0.3 is 14.7 Å². The molecule has 1 amide bonds. The van der Waals surface area contributed by atoms with Crippen LogP contribution in [0.5, 0.6) is 0 Å². The normalized spacial score (nSPS) is 13.7. The number of nitrogens with zero attached hydrogens (tertiary/aromatic N) is 1. The third-order valence-electron chi connectivity index (χ3n) is 2.83. The lowest BCUT2D eigenvalue weighted by Crippen LogP contribution is -2.29. The van der Waals surface area contributed by atoms with Gasteiger partial charge in [-0.1, -0.05) is 6.92 Å². The molecule has 104 valence electrons. The molecule has 0 atom stereocenters. The fourth-order valence-electron chi connectivity index (χ4n) is 1.90. The highest BCUT2D eigenvalue weighted by Gasteiger charge is 2.30. The van der Waals surface area contributed by atoms with Crippen LogP contribution in [0.25, 0.3) is 0 Å². The van der Waals surface area contributed by atoms with Gasteiger partial charge in [0.1, 0.15) is 11.5 Å². The molecule has 0 unspecified atom stereocenters. The number of carboxylic acid groups (broad SMARTS) is 1. The standard InChI is InChI=1S/C12H14BrNO4S/c1-2-3-18-6-9(15)14-4-7-8(5-14)19-11(10(7)13)12(16)17/h2-6H2,1H3,(H,16,17). The number of ether oxygens (including phenoxy) is 1. The van der Waals surface area contributed by atoms with E-state index in [0.717, 1.165) is 16.9 Å². The maximum Gasteiger partial charge on any atom is 0.347 e. The molecule has 1 aliphatic heterocycles. The van der Waals surface area contributed by atoms with Crippen LogP contribution in [0.2, 0.25) is 0 Å². The quantitative estimate of drug-likeness (QED) is 0.831. The number of carbonyl (C=O) groups is 2. The maximum atomic E-state index is 11.9. The highest BCUT2D eigenvalue weighted by Crippen LogP contribution is 2.39. The first-order chi connectivity index (χ1) is 9.04. The Morgan fingerprint density at radius 3 is 2.79 bits per heavy atom. The molecule has 0 aliphatic carbocycles. The van der Waals surface area contributed by atoms with Crippen LogP contribution in [-0.4, -0.2) is 35.1 Å². The minimum absolute atomic E-state index is 0.0550. The number of hydrogen-bond acceptors (Lipinski definition) is 4. The molecule has 2 heterocycles. The zero-order chi connectivity index (χ0) is 14.0. The van der Waals surface area contributed by atoms with Crippen molar-refractivity contribution in [2.24, 2.45) is 0 Å². The van der Waals surface area contributed by atoms with Gasteiger partial charge in [-0.15, -0.1) is 11.3 Å². The molecule has 2 rings (SSSR count). The summed E-state index contributed by atoms with van der Waals surface area (Å²) >= 11 is 4.53. The van der Waals surface area contributed by atoms with Crippen LogP contribution in [0.3, 0.4) is 0 Å². The summed E-state index contributed by atoms with van der Waals surface area (Å²) in [6.07, 6.45) is 0.883. The van der Waals surface area contributed by atoms with Crippen LogP contribution in [0.15, 0.2) is 4.47 Å². The Bertz CT molecular complexity index is 514. The Labute approximate surface area is 123 Å². The second-order valence-corrected chi connectivity index (χ2v) is 6.15. The van der Waals surface area contributed by atoms with Gasteiger partial charge in [-0.3, -0.25) is 4.79 Å². The van der Waals surface area contributed by atoms with Crippen molar-refractivity contribution in [1.82, 2.24) is 4.90 Å². The van der Waals surface area contributed by atoms with E-state index < -0.39 is 5.97 Å². The highest BCUT2D eigenvalue weighted by molar-refractivity contribution is 9.10. The SMILES string of the molecule is CCCOCC(=O)N1Cc2sc(C(=O)O)c(Br)c2C1. The summed E-state index contributed by atoms with van der Waals surface area (Å²) in [7, 11) is 0. The summed E-state index contributed by atoms with van der Waals surface area (Å²) in [5.74, 6) is -0.990. The Morgan fingerprint density at radius 1 is 1.47 bits per heavy atom. The van der Waals surface area contributed by atoms with E-state index in [0.29, 0.717) is 29.0 Å². The van der Waals surface area contributed by atoms with Gasteiger partial charge in [-0.25, -0.2) is 4.79 Å². The van der Waals surface area contributed by atoms with Crippen LogP contribution in [0.4, 0.5) is 0 Å². The minimum atomic E-state index is -0.935. The molecule has 0 bridgehead atoms. The summed E-state index contributed by atoms with van der Waals surface area (Å²) in [5.41, 5.74) is 0.909. The monoisotopic (exact) mass is 347 g/mol. The van der Waals surface area contributed by atoms with Crippen molar-refractivity contribution in [1.29, 1.82) is 0 Å². The van der Waals surface area contributed by atoms with E-state index >= 15 is 0 Å². The molecule has 0 radical (unpaired) electrons. The molecular weight excluding hydrogens is 334 g/mol. The average Bonchev–Trinajstić information content (AvgIpc) is 2.90. The molecule has 0 aromatic carbocycles. The average molecular weight is 348 g/mol. The fourth-order valence-corrected chi connectivity index (χ4v) is 3.87. The first-order valence-corrected chi connectivity index (χ1v) is 7.54. The van der Waals surface area contributed by atoms with Gasteiger partial charge in [0.25, 0.3) is 0 Å². The van der Waals surface area contributed by atoms with Gasteiger partial charge in [0, 0.05) is 28.1 Å². The van der Waals surface area contributed by atoms with E-state index in [1.165, 1.54) is 11.3 Å². The second kappa shape index (κ2) is 6.02. The van der Waals surface area contributed by atoms with Crippen molar-refractivity contribution >= 4 is 39.1 Å². The fraction of sp³-hybridized carbons (Fsp3) is 0.500. The van der Waals surface area contributed by atoms with E-state index in [9.17, 15) is 9.59 Å². The van der Waals surface area contributed by atoms with Crippen molar-refractivity contribution in [3.63, 3.8) is 0 Å². The zero-order valence-corrected chi connectivity index (χ0v) is 12.8.